The number of aliphatic carboxylic acids is 1. The van der Waals surface area contributed by atoms with Gasteiger partial charge in [0.15, 0.2) is 5.82 Å². The van der Waals surface area contributed by atoms with E-state index in [9.17, 15) is 4.79 Å². The third-order valence-electron chi connectivity index (χ3n) is 1.99. The van der Waals surface area contributed by atoms with E-state index in [1.165, 1.54) is 6.20 Å². The lowest BCUT2D eigenvalue weighted by molar-refractivity contribution is -0.136. The molecule has 5 heteroatoms. The number of aromatic nitrogens is 3. The Hall–Kier alpha value is -2.30. The Morgan fingerprint density at radius 3 is 2.50 bits per heavy atom. The maximum atomic E-state index is 10.4. The molecule has 0 atom stereocenters. The predicted octanol–water partition coefficient (Wildman–Crippen LogP) is 1.17. The van der Waals surface area contributed by atoms with Crippen LogP contribution in [0.25, 0.3) is 11.3 Å². The quantitative estimate of drug-likeness (QED) is 0.831. The van der Waals surface area contributed by atoms with E-state index in [4.69, 9.17) is 5.11 Å². The largest absolute Gasteiger partial charge is 0.481 e. The van der Waals surface area contributed by atoms with E-state index in [1.54, 1.807) is 0 Å². The smallest absolute Gasteiger partial charge is 0.311 e. The molecule has 0 radical (unpaired) electrons. The molecule has 5 nitrogen and oxygen atoms in total. The van der Waals surface area contributed by atoms with Gasteiger partial charge in [0.05, 0.1) is 6.20 Å². The van der Waals surface area contributed by atoms with Crippen LogP contribution in [0.4, 0.5) is 0 Å². The van der Waals surface area contributed by atoms with Gasteiger partial charge in [0.25, 0.3) is 0 Å². The first kappa shape index (κ1) is 10.2. The second-order valence-electron chi connectivity index (χ2n) is 3.20. The van der Waals surface area contributed by atoms with Crippen LogP contribution in [0, 0.1) is 0 Å². The molecule has 0 aliphatic rings. The molecule has 0 bridgehead atoms. The van der Waals surface area contributed by atoms with Crippen molar-refractivity contribution < 1.29 is 9.90 Å². The summed E-state index contributed by atoms with van der Waals surface area (Å²) >= 11 is 0. The molecule has 1 heterocycles. The second kappa shape index (κ2) is 4.48. The van der Waals surface area contributed by atoms with Crippen LogP contribution in [-0.2, 0) is 11.2 Å². The van der Waals surface area contributed by atoms with Gasteiger partial charge >= 0.3 is 5.97 Å². The van der Waals surface area contributed by atoms with Crippen molar-refractivity contribution in [1.29, 1.82) is 0 Å². The minimum absolute atomic E-state index is 0.206. The Bertz CT molecular complexity index is 482. The Labute approximate surface area is 91.8 Å². The Morgan fingerprint density at radius 2 is 1.94 bits per heavy atom. The first-order valence-corrected chi connectivity index (χ1v) is 4.71. The van der Waals surface area contributed by atoms with Gasteiger partial charge in [-0.15, -0.1) is 10.2 Å². The number of carboxylic acids is 1. The maximum absolute atomic E-state index is 10.4. The third-order valence-corrected chi connectivity index (χ3v) is 1.99. The molecular formula is C11H9N3O2. The summed E-state index contributed by atoms with van der Waals surface area (Å²) in [6.45, 7) is 0. The van der Waals surface area contributed by atoms with Crippen molar-refractivity contribution in [3.05, 3.63) is 42.4 Å². The molecule has 0 amide bonds. The Morgan fingerprint density at radius 1 is 1.19 bits per heavy atom. The van der Waals surface area contributed by atoms with E-state index in [1.807, 2.05) is 30.3 Å². The molecule has 16 heavy (non-hydrogen) atoms. The van der Waals surface area contributed by atoms with Gasteiger partial charge < -0.3 is 5.11 Å². The Kier molecular flexibility index (Phi) is 2.86. The SMILES string of the molecule is O=C(O)Cc1ncc(-c2ccccc2)nn1. The van der Waals surface area contributed by atoms with Gasteiger partial charge in [-0.3, -0.25) is 4.79 Å². The van der Waals surface area contributed by atoms with Gasteiger partial charge in [0.1, 0.15) is 12.1 Å². The van der Waals surface area contributed by atoms with Crippen LogP contribution >= 0.6 is 0 Å². The second-order valence-corrected chi connectivity index (χ2v) is 3.20. The molecule has 0 saturated carbocycles. The average molecular weight is 215 g/mol. The lowest BCUT2D eigenvalue weighted by Gasteiger charge is -1.99. The molecule has 0 fully saturated rings. The number of carboxylic acid groups (broad SMARTS) is 1. The van der Waals surface area contributed by atoms with Crippen molar-refractivity contribution in [3.8, 4) is 11.3 Å². The number of carbonyl (C=O) groups is 1. The van der Waals surface area contributed by atoms with Gasteiger partial charge in [-0.2, -0.15) is 0 Å². The van der Waals surface area contributed by atoms with E-state index in [0.717, 1.165) is 5.56 Å². The van der Waals surface area contributed by atoms with Gasteiger partial charge in [-0.1, -0.05) is 30.3 Å². The molecule has 0 aliphatic carbocycles. The van der Waals surface area contributed by atoms with Crippen LogP contribution in [0.3, 0.4) is 0 Å². The fourth-order valence-corrected chi connectivity index (χ4v) is 1.26. The Balaban J connectivity index is 2.23. The molecule has 0 unspecified atom stereocenters. The van der Waals surface area contributed by atoms with Crippen LogP contribution in [0.5, 0.6) is 0 Å². The molecule has 1 N–H and O–H groups in total. The topological polar surface area (TPSA) is 76.0 Å². The van der Waals surface area contributed by atoms with Crippen molar-refractivity contribution in [2.45, 2.75) is 6.42 Å². The highest BCUT2D eigenvalue weighted by molar-refractivity contribution is 5.69. The number of hydrogen-bond donors (Lipinski definition) is 1. The molecule has 1 aromatic carbocycles. The molecule has 2 aromatic rings. The van der Waals surface area contributed by atoms with Gasteiger partial charge in [0, 0.05) is 5.56 Å². The summed E-state index contributed by atoms with van der Waals surface area (Å²) in [5, 5.41) is 16.2. The van der Waals surface area contributed by atoms with Crippen molar-refractivity contribution in [1.82, 2.24) is 15.2 Å². The summed E-state index contributed by atoms with van der Waals surface area (Å²) in [6, 6.07) is 9.47. The maximum Gasteiger partial charge on any atom is 0.311 e. The third kappa shape index (κ3) is 2.38. The van der Waals surface area contributed by atoms with Crippen molar-refractivity contribution in [3.63, 3.8) is 0 Å². The number of rotatable bonds is 3. The fourth-order valence-electron chi connectivity index (χ4n) is 1.26. The summed E-state index contributed by atoms with van der Waals surface area (Å²) in [5.41, 5.74) is 1.54. The molecule has 2 rings (SSSR count). The lowest BCUT2D eigenvalue weighted by Crippen LogP contribution is -2.06. The molecule has 0 saturated heterocycles. The number of benzene rings is 1. The first-order valence-electron chi connectivity index (χ1n) is 4.71. The summed E-state index contributed by atoms with van der Waals surface area (Å²) < 4.78 is 0. The zero-order valence-electron chi connectivity index (χ0n) is 8.37. The van der Waals surface area contributed by atoms with E-state index in [0.29, 0.717) is 5.69 Å². The number of hydrogen-bond acceptors (Lipinski definition) is 4. The van der Waals surface area contributed by atoms with Crippen molar-refractivity contribution >= 4 is 5.97 Å². The van der Waals surface area contributed by atoms with Gasteiger partial charge in [-0.25, -0.2) is 4.98 Å². The zero-order valence-corrected chi connectivity index (χ0v) is 8.37. The molecule has 80 valence electrons. The monoisotopic (exact) mass is 215 g/mol. The first-order chi connectivity index (χ1) is 7.75. The number of nitrogens with zero attached hydrogens (tertiary/aromatic N) is 3. The van der Waals surface area contributed by atoms with Crippen LogP contribution < -0.4 is 0 Å². The molecular weight excluding hydrogens is 206 g/mol. The zero-order chi connectivity index (χ0) is 11.4. The van der Waals surface area contributed by atoms with E-state index in [-0.39, 0.29) is 12.2 Å². The standard InChI is InChI=1S/C11H9N3O2/c15-11(16)6-10-12-7-9(13-14-10)8-4-2-1-3-5-8/h1-5,7H,6H2,(H,15,16). The predicted molar refractivity (Wildman–Crippen MR) is 56.6 cm³/mol. The van der Waals surface area contributed by atoms with Crippen LogP contribution in [-0.4, -0.2) is 26.3 Å². The minimum Gasteiger partial charge on any atom is -0.481 e. The molecule has 0 spiro atoms. The fraction of sp³-hybridized carbons (Fsp3) is 0.0909. The average Bonchev–Trinajstić information content (AvgIpc) is 2.30. The molecule has 1 aromatic heterocycles. The van der Waals surface area contributed by atoms with Gasteiger partial charge in [0.2, 0.25) is 0 Å². The van der Waals surface area contributed by atoms with Crippen LogP contribution in [0.2, 0.25) is 0 Å². The normalized spacial score (nSPS) is 10.0. The highest BCUT2D eigenvalue weighted by Gasteiger charge is 2.05. The van der Waals surface area contributed by atoms with Crippen molar-refractivity contribution in [2.75, 3.05) is 0 Å². The van der Waals surface area contributed by atoms with Crippen LogP contribution in [0.15, 0.2) is 36.5 Å². The van der Waals surface area contributed by atoms with Gasteiger partial charge in [-0.05, 0) is 0 Å². The van der Waals surface area contributed by atoms with Crippen molar-refractivity contribution in [2.24, 2.45) is 0 Å². The van der Waals surface area contributed by atoms with E-state index < -0.39 is 5.97 Å². The molecule has 0 aliphatic heterocycles. The van der Waals surface area contributed by atoms with Crippen LogP contribution in [0.1, 0.15) is 5.82 Å². The summed E-state index contributed by atoms with van der Waals surface area (Å²) in [5.74, 6) is -0.749. The summed E-state index contributed by atoms with van der Waals surface area (Å²) in [7, 11) is 0. The summed E-state index contributed by atoms with van der Waals surface area (Å²) in [6.07, 6.45) is 1.32. The highest BCUT2D eigenvalue weighted by Crippen LogP contribution is 2.13. The van der Waals surface area contributed by atoms with E-state index in [2.05, 4.69) is 15.2 Å². The highest BCUT2D eigenvalue weighted by atomic mass is 16.4. The minimum atomic E-state index is -0.964. The van der Waals surface area contributed by atoms with E-state index >= 15 is 0 Å². The lowest BCUT2D eigenvalue weighted by atomic mass is 10.2. The summed E-state index contributed by atoms with van der Waals surface area (Å²) in [4.78, 5) is 14.4.